The zero-order valence-electron chi connectivity index (χ0n) is 12.3. The van der Waals surface area contributed by atoms with Crippen LogP contribution in [0.25, 0.3) is 0 Å². The van der Waals surface area contributed by atoms with Gasteiger partial charge >= 0.3 is 0 Å². The van der Waals surface area contributed by atoms with Crippen molar-refractivity contribution < 1.29 is 9.53 Å². The first-order valence-electron chi connectivity index (χ1n) is 7.71. The summed E-state index contributed by atoms with van der Waals surface area (Å²) in [7, 11) is 0. The van der Waals surface area contributed by atoms with Crippen LogP contribution in [-0.4, -0.2) is 42.6 Å². The lowest BCUT2D eigenvalue weighted by molar-refractivity contribution is -0.131. The molecule has 4 heteroatoms. The van der Waals surface area contributed by atoms with E-state index in [-0.39, 0.29) is 18.1 Å². The summed E-state index contributed by atoms with van der Waals surface area (Å²) < 4.78 is 5.82. The molecule has 2 N–H and O–H groups in total. The molecule has 1 aliphatic carbocycles. The first-order chi connectivity index (χ1) is 9.06. The summed E-state index contributed by atoms with van der Waals surface area (Å²) in [4.78, 5) is 14.2. The molecule has 0 radical (unpaired) electrons. The van der Waals surface area contributed by atoms with E-state index in [0.29, 0.717) is 18.3 Å². The zero-order chi connectivity index (χ0) is 13.8. The van der Waals surface area contributed by atoms with Crippen molar-refractivity contribution in [2.24, 2.45) is 17.6 Å². The lowest BCUT2D eigenvalue weighted by Crippen LogP contribution is -2.34. The second-order valence-electron chi connectivity index (χ2n) is 6.54. The average molecular weight is 268 g/mol. The van der Waals surface area contributed by atoms with Crippen LogP contribution in [0.2, 0.25) is 0 Å². The highest BCUT2D eigenvalue weighted by molar-refractivity contribution is 5.76. The third kappa shape index (κ3) is 4.18. The Labute approximate surface area is 116 Å². The van der Waals surface area contributed by atoms with Gasteiger partial charge < -0.3 is 15.4 Å². The third-order valence-corrected chi connectivity index (χ3v) is 4.32. The monoisotopic (exact) mass is 268 g/mol. The first kappa shape index (κ1) is 14.8. The first-order valence-corrected chi connectivity index (χ1v) is 7.71. The number of likely N-dealkylation sites (tertiary alicyclic amines) is 1. The molecule has 1 saturated carbocycles. The minimum absolute atomic E-state index is 0.236. The Hall–Kier alpha value is -0.610. The van der Waals surface area contributed by atoms with E-state index >= 15 is 0 Å². The highest BCUT2D eigenvalue weighted by Gasteiger charge is 2.31. The summed E-state index contributed by atoms with van der Waals surface area (Å²) in [5.41, 5.74) is 6.04. The second-order valence-corrected chi connectivity index (χ2v) is 6.54. The lowest BCUT2D eigenvalue weighted by Gasteiger charge is -2.21. The lowest BCUT2D eigenvalue weighted by atomic mass is 9.99. The quantitative estimate of drug-likeness (QED) is 0.827. The van der Waals surface area contributed by atoms with Gasteiger partial charge in [-0.1, -0.05) is 20.3 Å². The van der Waals surface area contributed by atoms with Gasteiger partial charge in [0.15, 0.2) is 0 Å². The fourth-order valence-electron chi connectivity index (χ4n) is 3.09. The molecule has 2 fully saturated rings. The Balaban J connectivity index is 1.72. The van der Waals surface area contributed by atoms with E-state index in [2.05, 4.69) is 13.8 Å². The van der Waals surface area contributed by atoms with E-state index < -0.39 is 0 Å². The number of nitrogens with two attached hydrogens (primary N) is 1. The van der Waals surface area contributed by atoms with Gasteiger partial charge in [0.05, 0.1) is 6.10 Å². The van der Waals surface area contributed by atoms with Gasteiger partial charge in [0.2, 0.25) is 5.91 Å². The largest absolute Gasteiger partial charge is 0.376 e. The zero-order valence-corrected chi connectivity index (χ0v) is 12.3. The van der Waals surface area contributed by atoms with E-state index in [0.717, 1.165) is 39.0 Å². The van der Waals surface area contributed by atoms with Crippen molar-refractivity contribution in [3.63, 3.8) is 0 Å². The molecule has 1 saturated heterocycles. The summed E-state index contributed by atoms with van der Waals surface area (Å²) >= 11 is 0. The van der Waals surface area contributed by atoms with Gasteiger partial charge in [0, 0.05) is 32.2 Å². The van der Waals surface area contributed by atoms with Crippen molar-refractivity contribution in [1.82, 2.24) is 4.90 Å². The maximum atomic E-state index is 12.2. The molecule has 19 heavy (non-hydrogen) atoms. The molecular weight excluding hydrogens is 240 g/mol. The fraction of sp³-hybridized carbons (Fsp3) is 0.933. The molecule has 110 valence electrons. The Bertz CT molecular complexity index is 307. The smallest absolute Gasteiger partial charge is 0.222 e. The van der Waals surface area contributed by atoms with Gasteiger partial charge in [-0.05, 0) is 31.1 Å². The van der Waals surface area contributed by atoms with Gasteiger partial charge in [-0.2, -0.15) is 0 Å². The summed E-state index contributed by atoms with van der Waals surface area (Å²) in [5.74, 6) is 1.24. The summed E-state index contributed by atoms with van der Waals surface area (Å²) in [5, 5.41) is 0. The predicted octanol–water partition coefficient (Wildman–Crippen LogP) is 1.78. The fourth-order valence-corrected chi connectivity index (χ4v) is 3.09. The van der Waals surface area contributed by atoms with Gasteiger partial charge in [-0.15, -0.1) is 0 Å². The molecule has 0 aromatic heterocycles. The number of ether oxygens (including phenoxy) is 1. The minimum Gasteiger partial charge on any atom is -0.376 e. The SMILES string of the molecule is CC(C)COC1CCN(C(=O)C[C@@H]2CCC[C@H]2N)C1. The van der Waals surface area contributed by atoms with Gasteiger partial charge in [0.25, 0.3) is 0 Å². The molecule has 1 aliphatic heterocycles. The van der Waals surface area contributed by atoms with E-state index in [4.69, 9.17) is 10.5 Å². The van der Waals surface area contributed by atoms with E-state index in [1.165, 1.54) is 6.42 Å². The normalized spacial score (nSPS) is 31.4. The number of hydrogen-bond donors (Lipinski definition) is 1. The topological polar surface area (TPSA) is 55.6 Å². The highest BCUT2D eigenvalue weighted by Crippen LogP contribution is 2.28. The Morgan fingerprint density at radius 2 is 2.16 bits per heavy atom. The number of hydrogen-bond acceptors (Lipinski definition) is 3. The van der Waals surface area contributed by atoms with Crippen molar-refractivity contribution in [1.29, 1.82) is 0 Å². The number of rotatable bonds is 5. The predicted molar refractivity (Wildman–Crippen MR) is 75.7 cm³/mol. The molecule has 0 spiro atoms. The molecule has 0 aromatic rings. The Morgan fingerprint density at radius 3 is 2.79 bits per heavy atom. The summed E-state index contributed by atoms with van der Waals surface area (Å²) in [6.07, 6.45) is 5.24. The Morgan fingerprint density at radius 1 is 1.37 bits per heavy atom. The Kier molecular flexibility index (Phi) is 5.22. The summed E-state index contributed by atoms with van der Waals surface area (Å²) in [6.45, 7) is 6.72. The molecule has 1 amide bonds. The van der Waals surface area contributed by atoms with Crippen LogP contribution in [0.1, 0.15) is 46.0 Å². The number of amides is 1. The second kappa shape index (κ2) is 6.71. The van der Waals surface area contributed by atoms with Gasteiger partial charge in [-0.25, -0.2) is 0 Å². The number of carbonyl (C=O) groups is 1. The van der Waals surface area contributed by atoms with Gasteiger partial charge in [-0.3, -0.25) is 4.79 Å². The maximum absolute atomic E-state index is 12.2. The van der Waals surface area contributed by atoms with Crippen LogP contribution in [-0.2, 0) is 9.53 Å². The van der Waals surface area contributed by atoms with Crippen LogP contribution in [0.3, 0.4) is 0 Å². The number of carbonyl (C=O) groups excluding carboxylic acids is 1. The molecule has 1 heterocycles. The molecular formula is C15H28N2O2. The number of nitrogens with zero attached hydrogens (tertiary/aromatic N) is 1. The standard InChI is InChI=1S/C15H28N2O2/c1-11(2)10-19-13-6-7-17(9-13)15(18)8-12-4-3-5-14(12)16/h11-14H,3-10,16H2,1-2H3/t12-,13?,14+/m0/s1. The molecule has 1 unspecified atom stereocenters. The van der Waals surface area contributed by atoms with Crippen molar-refractivity contribution >= 4 is 5.91 Å². The van der Waals surface area contributed by atoms with Crippen LogP contribution in [0.5, 0.6) is 0 Å². The van der Waals surface area contributed by atoms with Crippen molar-refractivity contribution in [2.75, 3.05) is 19.7 Å². The minimum atomic E-state index is 0.236. The molecule has 2 aliphatic rings. The molecule has 2 rings (SSSR count). The van der Waals surface area contributed by atoms with Crippen LogP contribution in [0, 0.1) is 11.8 Å². The van der Waals surface area contributed by atoms with Crippen LogP contribution in [0.15, 0.2) is 0 Å². The van der Waals surface area contributed by atoms with Crippen LogP contribution in [0.4, 0.5) is 0 Å². The average Bonchev–Trinajstić information content (AvgIpc) is 2.97. The van der Waals surface area contributed by atoms with E-state index in [1.807, 2.05) is 4.90 Å². The molecule has 0 aromatic carbocycles. The van der Waals surface area contributed by atoms with Crippen molar-refractivity contribution in [2.45, 2.75) is 58.1 Å². The van der Waals surface area contributed by atoms with E-state index in [1.54, 1.807) is 0 Å². The van der Waals surface area contributed by atoms with Crippen LogP contribution < -0.4 is 5.73 Å². The van der Waals surface area contributed by atoms with Crippen LogP contribution >= 0.6 is 0 Å². The molecule has 3 atom stereocenters. The van der Waals surface area contributed by atoms with Gasteiger partial charge in [0.1, 0.15) is 0 Å². The highest BCUT2D eigenvalue weighted by atomic mass is 16.5. The van der Waals surface area contributed by atoms with E-state index in [9.17, 15) is 4.79 Å². The maximum Gasteiger partial charge on any atom is 0.222 e. The van der Waals surface area contributed by atoms with Crippen molar-refractivity contribution in [3.8, 4) is 0 Å². The third-order valence-electron chi connectivity index (χ3n) is 4.32. The summed E-state index contributed by atoms with van der Waals surface area (Å²) in [6, 6.07) is 0.236. The molecule has 0 bridgehead atoms. The van der Waals surface area contributed by atoms with Crippen molar-refractivity contribution in [3.05, 3.63) is 0 Å². The molecule has 4 nitrogen and oxygen atoms in total.